The highest BCUT2D eigenvalue weighted by Gasteiger charge is 2.09. The maximum atomic E-state index is 13.6. The maximum Gasteiger partial charge on any atom is 0.258 e. The Kier molecular flexibility index (Phi) is 4.85. The van der Waals surface area contributed by atoms with Gasteiger partial charge in [-0.1, -0.05) is 11.6 Å². The summed E-state index contributed by atoms with van der Waals surface area (Å²) in [5.41, 5.74) is 0.824. The second-order valence-corrected chi connectivity index (χ2v) is 5.44. The molecule has 0 saturated heterocycles. The van der Waals surface area contributed by atoms with Crippen molar-refractivity contribution >= 4 is 34.8 Å². The lowest BCUT2D eigenvalue weighted by molar-refractivity contribution is 0.102. The molecule has 126 valence electrons. The van der Waals surface area contributed by atoms with Gasteiger partial charge in [0.2, 0.25) is 5.95 Å². The number of rotatable bonds is 4. The SMILES string of the molecule is O=C(Nc1ccc(Cl)cc1)c1cnc(Nc2ccc(F)cc2F)nc1. The van der Waals surface area contributed by atoms with Gasteiger partial charge in [0.05, 0.1) is 11.3 Å². The second-order valence-electron chi connectivity index (χ2n) is 5.01. The van der Waals surface area contributed by atoms with Crippen LogP contribution >= 0.6 is 11.6 Å². The summed E-state index contributed by atoms with van der Waals surface area (Å²) < 4.78 is 26.5. The Balaban J connectivity index is 1.69. The summed E-state index contributed by atoms with van der Waals surface area (Å²) >= 11 is 5.78. The predicted molar refractivity (Wildman–Crippen MR) is 91.1 cm³/mol. The number of carbonyl (C=O) groups is 1. The predicted octanol–water partition coefficient (Wildman–Crippen LogP) is 4.40. The number of nitrogens with zero attached hydrogens (tertiary/aromatic N) is 2. The van der Waals surface area contributed by atoms with E-state index < -0.39 is 17.5 Å². The summed E-state index contributed by atoms with van der Waals surface area (Å²) in [6.07, 6.45) is 2.59. The number of amides is 1. The summed E-state index contributed by atoms with van der Waals surface area (Å²) in [4.78, 5) is 20.0. The van der Waals surface area contributed by atoms with Crippen LogP contribution in [0.5, 0.6) is 0 Å². The zero-order chi connectivity index (χ0) is 17.8. The highest BCUT2D eigenvalue weighted by Crippen LogP contribution is 2.18. The van der Waals surface area contributed by atoms with Crippen molar-refractivity contribution in [2.45, 2.75) is 0 Å². The highest BCUT2D eigenvalue weighted by atomic mass is 35.5. The summed E-state index contributed by atoms with van der Waals surface area (Å²) in [5, 5.41) is 5.84. The maximum absolute atomic E-state index is 13.6. The van der Waals surface area contributed by atoms with Gasteiger partial charge in [-0.25, -0.2) is 18.7 Å². The molecule has 25 heavy (non-hydrogen) atoms. The van der Waals surface area contributed by atoms with E-state index in [9.17, 15) is 13.6 Å². The molecular formula is C17H11ClF2N4O. The third kappa shape index (κ3) is 4.27. The fourth-order valence-corrected chi connectivity index (χ4v) is 2.08. The molecule has 5 nitrogen and oxygen atoms in total. The van der Waals surface area contributed by atoms with Gasteiger partial charge in [-0.2, -0.15) is 0 Å². The number of nitrogens with one attached hydrogen (secondary N) is 2. The van der Waals surface area contributed by atoms with Crippen molar-refractivity contribution in [2.75, 3.05) is 10.6 Å². The van der Waals surface area contributed by atoms with Crippen LogP contribution < -0.4 is 10.6 Å². The lowest BCUT2D eigenvalue weighted by Gasteiger charge is -2.07. The van der Waals surface area contributed by atoms with Crippen LogP contribution in [0.2, 0.25) is 5.02 Å². The lowest BCUT2D eigenvalue weighted by atomic mass is 10.2. The molecule has 8 heteroatoms. The van der Waals surface area contributed by atoms with E-state index in [2.05, 4.69) is 20.6 Å². The molecular weight excluding hydrogens is 350 g/mol. The third-order valence-corrected chi connectivity index (χ3v) is 3.45. The van der Waals surface area contributed by atoms with Gasteiger partial charge in [0, 0.05) is 29.2 Å². The molecule has 0 spiro atoms. The molecule has 0 radical (unpaired) electrons. The quantitative estimate of drug-likeness (QED) is 0.723. The first-order valence-corrected chi connectivity index (χ1v) is 7.50. The topological polar surface area (TPSA) is 66.9 Å². The number of hydrogen-bond acceptors (Lipinski definition) is 4. The van der Waals surface area contributed by atoms with Gasteiger partial charge >= 0.3 is 0 Å². The molecule has 3 rings (SSSR count). The second kappa shape index (κ2) is 7.23. The summed E-state index contributed by atoms with van der Waals surface area (Å²) in [6, 6.07) is 9.71. The Hall–Kier alpha value is -3.06. The first-order chi connectivity index (χ1) is 12.0. The molecule has 2 aromatic carbocycles. The van der Waals surface area contributed by atoms with Gasteiger partial charge in [-0.05, 0) is 36.4 Å². The molecule has 1 amide bonds. The van der Waals surface area contributed by atoms with Crippen LogP contribution in [0, 0.1) is 11.6 Å². The van der Waals surface area contributed by atoms with Crippen LogP contribution in [0.3, 0.4) is 0 Å². The largest absolute Gasteiger partial charge is 0.322 e. The van der Waals surface area contributed by atoms with E-state index in [1.165, 1.54) is 18.5 Å². The number of aromatic nitrogens is 2. The van der Waals surface area contributed by atoms with Crippen LogP contribution in [-0.2, 0) is 0 Å². The van der Waals surface area contributed by atoms with Crippen LogP contribution in [0.15, 0.2) is 54.9 Å². The minimum Gasteiger partial charge on any atom is -0.322 e. The Bertz CT molecular complexity index is 902. The fraction of sp³-hybridized carbons (Fsp3) is 0. The molecule has 2 N–H and O–H groups in total. The Morgan fingerprint density at radius 3 is 2.32 bits per heavy atom. The normalized spacial score (nSPS) is 10.4. The first kappa shape index (κ1) is 16.8. The number of halogens is 3. The van der Waals surface area contributed by atoms with Crippen molar-refractivity contribution < 1.29 is 13.6 Å². The van der Waals surface area contributed by atoms with Gasteiger partial charge in [0.15, 0.2) is 0 Å². The molecule has 3 aromatic rings. The summed E-state index contributed by atoms with van der Waals surface area (Å²) in [5.74, 6) is -1.78. The number of anilines is 3. The Labute approximate surface area is 146 Å². The standard InChI is InChI=1S/C17H11ClF2N4O/c18-11-1-4-13(5-2-11)23-16(25)10-8-21-17(22-9-10)24-15-6-3-12(19)7-14(15)20/h1-9H,(H,23,25)(H,21,22,24). The van der Waals surface area contributed by atoms with E-state index in [-0.39, 0.29) is 17.2 Å². The first-order valence-electron chi connectivity index (χ1n) is 7.12. The van der Waals surface area contributed by atoms with Crippen molar-refractivity contribution in [2.24, 2.45) is 0 Å². The molecule has 1 aromatic heterocycles. The zero-order valence-corrected chi connectivity index (χ0v) is 13.4. The Morgan fingerprint density at radius 1 is 1.00 bits per heavy atom. The molecule has 0 bridgehead atoms. The van der Waals surface area contributed by atoms with Crippen LogP contribution in [0.1, 0.15) is 10.4 Å². The zero-order valence-electron chi connectivity index (χ0n) is 12.6. The van der Waals surface area contributed by atoms with Gasteiger partial charge in [-0.3, -0.25) is 4.79 Å². The van der Waals surface area contributed by atoms with Gasteiger partial charge < -0.3 is 10.6 Å². The van der Waals surface area contributed by atoms with E-state index >= 15 is 0 Å². The van der Waals surface area contributed by atoms with Crippen LogP contribution in [0.25, 0.3) is 0 Å². The lowest BCUT2D eigenvalue weighted by Crippen LogP contribution is -2.13. The van der Waals surface area contributed by atoms with Gasteiger partial charge in [-0.15, -0.1) is 0 Å². The number of hydrogen-bond donors (Lipinski definition) is 2. The molecule has 0 aliphatic heterocycles. The minimum atomic E-state index is -0.770. The van der Waals surface area contributed by atoms with Crippen molar-refractivity contribution in [3.05, 3.63) is 77.1 Å². The van der Waals surface area contributed by atoms with E-state index in [4.69, 9.17) is 11.6 Å². The van der Waals surface area contributed by atoms with Crippen LogP contribution in [0.4, 0.5) is 26.1 Å². The molecule has 0 unspecified atom stereocenters. The van der Waals surface area contributed by atoms with Gasteiger partial charge in [0.1, 0.15) is 11.6 Å². The molecule has 0 aliphatic carbocycles. The molecule has 0 fully saturated rings. The molecule has 0 saturated carbocycles. The number of benzene rings is 2. The van der Waals surface area contributed by atoms with Gasteiger partial charge in [0.25, 0.3) is 5.91 Å². The Morgan fingerprint density at radius 2 is 1.68 bits per heavy atom. The van der Waals surface area contributed by atoms with E-state index in [1.54, 1.807) is 24.3 Å². The molecule has 1 heterocycles. The third-order valence-electron chi connectivity index (χ3n) is 3.19. The minimum absolute atomic E-state index is 0.0276. The number of carbonyl (C=O) groups excluding carboxylic acids is 1. The van der Waals surface area contributed by atoms with Crippen molar-refractivity contribution in [1.82, 2.24) is 9.97 Å². The van der Waals surface area contributed by atoms with Crippen molar-refractivity contribution in [3.63, 3.8) is 0 Å². The average molecular weight is 361 g/mol. The summed E-state index contributed by atoms with van der Waals surface area (Å²) in [6.45, 7) is 0. The van der Waals surface area contributed by atoms with E-state index in [1.807, 2.05) is 0 Å². The van der Waals surface area contributed by atoms with Crippen LogP contribution in [-0.4, -0.2) is 15.9 Å². The molecule has 0 aliphatic rings. The smallest absolute Gasteiger partial charge is 0.258 e. The van der Waals surface area contributed by atoms with E-state index in [0.717, 1.165) is 12.1 Å². The van der Waals surface area contributed by atoms with Crippen molar-refractivity contribution in [1.29, 1.82) is 0 Å². The fourth-order valence-electron chi connectivity index (χ4n) is 1.96. The monoisotopic (exact) mass is 360 g/mol. The average Bonchev–Trinajstić information content (AvgIpc) is 2.60. The van der Waals surface area contributed by atoms with E-state index in [0.29, 0.717) is 10.7 Å². The van der Waals surface area contributed by atoms with Crippen molar-refractivity contribution in [3.8, 4) is 0 Å². The molecule has 0 atom stereocenters. The highest BCUT2D eigenvalue weighted by molar-refractivity contribution is 6.30. The summed E-state index contributed by atoms with van der Waals surface area (Å²) in [7, 11) is 0.